The number of aliphatic hydroxyl groups excluding tert-OH is 1. The minimum absolute atomic E-state index is 0.119. The number of aliphatic hydroxyl groups is 2. The van der Waals surface area contributed by atoms with Gasteiger partial charge in [0, 0.05) is 19.3 Å². The number of ketones is 1. The van der Waals surface area contributed by atoms with Crippen LogP contribution >= 0.6 is 15.9 Å². The molecule has 0 spiro atoms. The minimum atomic E-state index is -1.90. The summed E-state index contributed by atoms with van der Waals surface area (Å²) in [6.07, 6.45) is 4.94. The van der Waals surface area contributed by atoms with Gasteiger partial charge in [-0.3, -0.25) is 9.59 Å². The Morgan fingerprint density at radius 2 is 1.96 bits per heavy atom. The van der Waals surface area contributed by atoms with Gasteiger partial charge in [0.25, 0.3) is 0 Å². The molecule has 5 atom stereocenters. The maximum Gasteiger partial charge on any atom is 0.314 e. The third kappa shape index (κ3) is 5.20. The van der Waals surface area contributed by atoms with E-state index in [0.29, 0.717) is 6.42 Å². The number of halogens is 1. The predicted molar refractivity (Wildman–Crippen MR) is 108 cm³/mol. The topological polar surface area (TPSA) is 93.1 Å². The van der Waals surface area contributed by atoms with Crippen LogP contribution in [0.15, 0.2) is 34.9 Å². The zero-order valence-corrected chi connectivity index (χ0v) is 18.3. The maximum absolute atomic E-state index is 12.9. The van der Waals surface area contributed by atoms with E-state index in [-0.39, 0.29) is 18.6 Å². The van der Waals surface area contributed by atoms with E-state index in [0.717, 1.165) is 5.57 Å². The molecule has 0 aromatic heterocycles. The summed E-state index contributed by atoms with van der Waals surface area (Å²) in [4.78, 5) is 27.3. The Balaban J connectivity index is 2.47. The van der Waals surface area contributed by atoms with E-state index < -0.39 is 41.4 Å². The van der Waals surface area contributed by atoms with Crippen LogP contribution in [0.25, 0.3) is 0 Å². The van der Waals surface area contributed by atoms with Crippen LogP contribution < -0.4 is 0 Å². The zero-order chi connectivity index (χ0) is 21.1. The fraction of sp³-hybridized carbons (Fsp3) is 0.619. The number of carbonyl (C=O) groups is 2. The van der Waals surface area contributed by atoms with Crippen molar-refractivity contribution in [3.05, 3.63) is 34.9 Å². The summed E-state index contributed by atoms with van der Waals surface area (Å²) in [5.41, 5.74) is -0.202. The molecule has 6 nitrogen and oxygen atoms in total. The van der Waals surface area contributed by atoms with Crippen molar-refractivity contribution in [3.8, 4) is 0 Å². The second-order valence-corrected chi connectivity index (χ2v) is 8.75. The van der Waals surface area contributed by atoms with Crippen molar-refractivity contribution >= 4 is 27.7 Å². The number of rotatable bonds is 2. The average molecular weight is 457 g/mol. The third-order valence-corrected chi connectivity index (χ3v) is 5.81. The van der Waals surface area contributed by atoms with E-state index >= 15 is 0 Å². The van der Waals surface area contributed by atoms with E-state index in [1.807, 2.05) is 6.92 Å². The first-order valence-corrected chi connectivity index (χ1v) is 10.3. The van der Waals surface area contributed by atoms with Gasteiger partial charge in [0.15, 0.2) is 11.6 Å². The molecule has 0 aliphatic carbocycles. The smallest absolute Gasteiger partial charge is 0.314 e. The number of hydrogen-bond donors (Lipinski definition) is 2. The lowest BCUT2D eigenvalue weighted by Crippen LogP contribution is -2.57. The van der Waals surface area contributed by atoms with Crippen molar-refractivity contribution in [2.24, 2.45) is 11.3 Å². The summed E-state index contributed by atoms with van der Waals surface area (Å²) in [6.45, 7) is 6.79. The first-order valence-electron chi connectivity index (χ1n) is 9.43. The summed E-state index contributed by atoms with van der Waals surface area (Å²) in [5, 5.41) is 21.3. The molecule has 0 saturated carbocycles. The lowest BCUT2D eigenvalue weighted by molar-refractivity contribution is -0.306. The summed E-state index contributed by atoms with van der Waals surface area (Å²) in [7, 11) is 0. The molecule has 1 saturated heterocycles. The zero-order valence-electron chi connectivity index (χ0n) is 16.7. The van der Waals surface area contributed by atoms with Crippen molar-refractivity contribution in [1.29, 1.82) is 0 Å². The highest BCUT2D eigenvalue weighted by Crippen LogP contribution is 2.41. The number of carbonyl (C=O) groups excluding carboxylic acids is 2. The molecule has 2 bridgehead atoms. The lowest BCUT2D eigenvalue weighted by Gasteiger charge is -2.46. The van der Waals surface area contributed by atoms with E-state index in [1.165, 1.54) is 13.0 Å². The van der Waals surface area contributed by atoms with Crippen LogP contribution in [0.3, 0.4) is 0 Å². The molecule has 28 heavy (non-hydrogen) atoms. The van der Waals surface area contributed by atoms with Gasteiger partial charge in [0.05, 0.1) is 17.6 Å². The van der Waals surface area contributed by atoms with Gasteiger partial charge in [0.2, 0.25) is 0 Å². The number of cyclic esters (lactones) is 1. The highest BCUT2D eigenvalue weighted by molar-refractivity contribution is 9.11. The minimum Gasteiger partial charge on any atom is -0.457 e. The van der Waals surface area contributed by atoms with Crippen LogP contribution in [-0.2, 0) is 19.1 Å². The molecule has 0 radical (unpaired) electrons. The summed E-state index contributed by atoms with van der Waals surface area (Å²) < 4.78 is 11.4. The molecule has 7 heteroatoms. The molecular formula is C21H29BrO6. The van der Waals surface area contributed by atoms with Crippen molar-refractivity contribution in [2.75, 3.05) is 0 Å². The number of ether oxygens (including phenoxy) is 2. The molecule has 2 heterocycles. The monoisotopic (exact) mass is 456 g/mol. The number of fused-ring (bicyclic) bond motifs is 2. The predicted octanol–water partition coefficient (Wildman–Crippen LogP) is 3.17. The molecule has 0 amide bonds. The van der Waals surface area contributed by atoms with E-state index in [4.69, 9.17) is 9.47 Å². The van der Waals surface area contributed by atoms with Crippen LogP contribution in [0.5, 0.6) is 0 Å². The second kappa shape index (κ2) is 9.03. The Kier molecular flexibility index (Phi) is 7.42. The third-order valence-electron chi connectivity index (χ3n) is 5.51. The van der Waals surface area contributed by atoms with Gasteiger partial charge in [-0.05, 0) is 31.0 Å². The van der Waals surface area contributed by atoms with Crippen LogP contribution in [0.2, 0.25) is 0 Å². The fourth-order valence-corrected chi connectivity index (χ4v) is 3.67. The molecule has 156 valence electrons. The van der Waals surface area contributed by atoms with Crippen molar-refractivity contribution in [3.63, 3.8) is 0 Å². The van der Waals surface area contributed by atoms with Gasteiger partial charge >= 0.3 is 5.97 Å². The van der Waals surface area contributed by atoms with Crippen LogP contribution in [0.1, 0.15) is 47.0 Å². The van der Waals surface area contributed by atoms with Crippen molar-refractivity contribution < 1.29 is 29.3 Å². The van der Waals surface area contributed by atoms with Gasteiger partial charge in [0.1, 0.15) is 12.0 Å². The second-order valence-electron chi connectivity index (χ2n) is 8.23. The van der Waals surface area contributed by atoms with Crippen molar-refractivity contribution in [1.82, 2.24) is 0 Å². The van der Waals surface area contributed by atoms with Gasteiger partial charge in [-0.15, -0.1) is 0 Å². The molecule has 0 aromatic carbocycles. The van der Waals surface area contributed by atoms with E-state index in [1.54, 1.807) is 37.1 Å². The standard InChI is InChI=1S/C21H29BrO6/c1-13-9-16(7-5-6-8-22)27-19(25)14(2)21(26)12-15(23)11-18(28-21)20(3,4)17(24)10-13/h5-8,10,14-16,18,23,26H,9,11-12H2,1-4H3/b7-5+,8-6+,13-10+/t14-,15+,16+,18+,21-/m0/s1. The molecule has 2 aliphatic rings. The highest BCUT2D eigenvalue weighted by Gasteiger charge is 2.52. The van der Waals surface area contributed by atoms with E-state index in [9.17, 15) is 19.8 Å². The Morgan fingerprint density at radius 3 is 2.61 bits per heavy atom. The molecule has 0 aromatic rings. The summed E-state index contributed by atoms with van der Waals surface area (Å²) in [5.74, 6) is -3.71. The van der Waals surface area contributed by atoms with Crippen LogP contribution in [0.4, 0.5) is 0 Å². The molecule has 0 unspecified atom stereocenters. The highest BCUT2D eigenvalue weighted by atomic mass is 79.9. The normalized spacial score (nSPS) is 39.2. The number of hydrogen-bond acceptors (Lipinski definition) is 6. The van der Waals surface area contributed by atoms with Crippen molar-refractivity contribution in [2.45, 2.75) is 71.1 Å². The summed E-state index contributed by atoms with van der Waals surface area (Å²) in [6, 6.07) is 0. The number of allylic oxidation sites excluding steroid dienone is 3. The first kappa shape index (κ1) is 23.0. The molecule has 2 aliphatic heterocycles. The first-order chi connectivity index (χ1) is 13.0. The number of esters is 1. The average Bonchev–Trinajstić information content (AvgIpc) is 2.59. The Bertz CT molecular complexity index is 695. The quantitative estimate of drug-likeness (QED) is 0.489. The van der Waals surface area contributed by atoms with Gasteiger partial charge in [-0.2, -0.15) is 0 Å². The lowest BCUT2D eigenvalue weighted by atomic mass is 9.75. The maximum atomic E-state index is 12.9. The van der Waals surface area contributed by atoms with Gasteiger partial charge in [-0.25, -0.2) is 0 Å². The fourth-order valence-electron chi connectivity index (χ4n) is 3.49. The molecule has 2 rings (SSSR count). The largest absolute Gasteiger partial charge is 0.457 e. The summed E-state index contributed by atoms with van der Waals surface area (Å²) >= 11 is 3.17. The molecule has 1 fully saturated rings. The van der Waals surface area contributed by atoms with Crippen LogP contribution in [-0.4, -0.2) is 46.1 Å². The Morgan fingerprint density at radius 1 is 1.29 bits per heavy atom. The molecule has 2 N–H and O–H groups in total. The van der Waals surface area contributed by atoms with E-state index in [2.05, 4.69) is 15.9 Å². The van der Waals surface area contributed by atoms with Gasteiger partial charge in [-0.1, -0.05) is 47.5 Å². The SMILES string of the molecule is C/C1=C\C(=O)C(C)(C)[C@H]2C[C@@H](O)C[C@](O)(O2)[C@@H](C)C(=O)O[C@H](/C=C/C=C/Br)C1. The van der Waals surface area contributed by atoms with Gasteiger partial charge < -0.3 is 19.7 Å². The Labute approximate surface area is 174 Å². The van der Waals surface area contributed by atoms with Crippen LogP contribution in [0, 0.1) is 11.3 Å². The molecular weight excluding hydrogens is 428 g/mol. The Hall–Kier alpha value is -1.28.